The number of halogens is 3. The van der Waals surface area contributed by atoms with Crippen molar-refractivity contribution in [1.29, 1.82) is 0 Å². The van der Waals surface area contributed by atoms with E-state index in [9.17, 15) is 14.4 Å². The molecule has 3 aromatic rings. The zero-order chi connectivity index (χ0) is 28.4. The van der Waals surface area contributed by atoms with Gasteiger partial charge in [-0.1, -0.05) is 60.7 Å². The van der Waals surface area contributed by atoms with E-state index in [0.717, 1.165) is 4.90 Å². The average molecular weight is 539 g/mol. The molecule has 0 saturated heterocycles. The summed E-state index contributed by atoms with van der Waals surface area (Å²) in [6.45, 7) is 1.04. The number of carbonyl (C=O) groups excluding carboxylic acids is 3. The van der Waals surface area contributed by atoms with Crippen LogP contribution in [0.4, 0.5) is 13.2 Å². The lowest BCUT2D eigenvalue weighted by atomic mass is 9.84. The molecule has 0 bridgehead atoms. The third-order valence-electron chi connectivity index (χ3n) is 6.53. The number of ether oxygens (including phenoxy) is 2. The first kappa shape index (κ1) is 27.4. The molecule has 1 aliphatic heterocycles. The van der Waals surface area contributed by atoms with Crippen molar-refractivity contribution in [3.8, 4) is 11.5 Å². The van der Waals surface area contributed by atoms with Gasteiger partial charge in [0.2, 0.25) is 5.54 Å². The number of hydrogen-bond donors (Lipinski definition) is 1. The highest BCUT2D eigenvalue weighted by molar-refractivity contribution is 6.19. The number of nitrogens with one attached hydrogen (secondary N) is 1. The molecule has 0 aliphatic carbocycles. The van der Waals surface area contributed by atoms with Gasteiger partial charge in [0.05, 0.1) is 26.3 Å². The molecule has 3 aromatic carbocycles. The van der Waals surface area contributed by atoms with Crippen molar-refractivity contribution in [2.24, 2.45) is 0 Å². The number of amides is 2. The molecule has 0 saturated carbocycles. The Kier molecular flexibility index (Phi) is 7.49. The molecule has 7 nitrogen and oxygen atoms in total. The molecule has 1 N–H and O–H groups in total. The number of nitrogens with zero attached hydrogens (tertiary/aromatic N) is 1. The second kappa shape index (κ2) is 10.6. The van der Waals surface area contributed by atoms with Gasteiger partial charge in [-0.25, -0.2) is 0 Å². The molecule has 4 rings (SSSR count). The normalized spacial score (nSPS) is 17.3. The molecule has 202 valence electrons. The van der Waals surface area contributed by atoms with Crippen LogP contribution in [0.2, 0.25) is 0 Å². The highest BCUT2D eigenvalue weighted by Gasteiger charge is 2.70. The van der Waals surface area contributed by atoms with Crippen molar-refractivity contribution in [3.63, 3.8) is 0 Å². The molecule has 1 heterocycles. The van der Waals surface area contributed by atoms with Crippen molar-refractivity contribution in [2.45, 2.75) is 25.2 Å². The maximum atomic E-state index is 15.1. The Balaban J connectivity index is 1.88. The van der Waals surface area contributed by atoms with Crippen LogP contribution in [-0.2, 0) is 11.3 Å². The first-order valence-corrected chi connectivity index (χ1v) is 11.8. The zero-order valence-corrected chi connectivity index (χ0v) is 21.3. The summed E-state index contributed by atoms with van der Waals surface area (Å²) in [5.41, 5.74) is -4.45. The van der Waals surface area contributed by atoms with Crippen molar-refractivity contribution in [2.75, 3.05) is 14.2 Å². The fourth-order valence-electron chi connectivity index (χ4n) is 4.56. The molecule has 1 atom stereocenters. The number of alkyl halides is 3. The monoisotopic (exact) mass is 538 g/mol. The fraction of sp³-hybridized carbons (Fsp3) is 0.207. The number of Topliss-reactive ketones (excluding diaryl/α,β-unsaturated/α-hetero) is 1. The van der Waals surface area contributed by atoms with E-state index < -0.39 is 34.9 Å². The van der Waals surface area contributed by atoms with Crippen LogP contribution in [0.25, 0.3) is 0 Å². The first-order valence-electron chi connectivity index (χ1n) is 11.8. The lowest BCUT2D eigenvalue weighted by molar-refractivity contribution is -0.189. The minimum absolute atomic E-state index is 0.0600. The summed E-state index contributed by atoms with van der Waals surface area (Å²) in [6, 6.07) is 19.5. The molecule has 10 heteroatoms. The molecular formula is C29H25F3N2O5. The van der Waals surface area contributed by atoms with E-state index in [0.29, 0.717) is 5.56 Å². The Bertz CT molecular complexity index is 1440. The summed E-state index contributed by atoms with van der Waals surface area (Å²) in [4.78, 5) is 41.6. The van der Waals surface area contributed by atoms with Crippen molar-refractivity contribution >= 4 is 17.6 Å². The molecule has 0 fully saturated rings. The topological polar surface area (TPSA) is 84.9 Å². The van der Waals surface area contributed by atoms with E-state index in [1.807, 2.05) is 5.32 Å². The van der Waals surface area contributed by atoms with Crippen LogP contribution in [0.5, 0.6) is 11.5 Å². The zero-order valence-electron chi connectivity index (χ0n) is 21.3. The Hall–Kier alpha value is -4.60. The quantitative estimate of drug-likeness (QED) is 0.411. The molecule has 1 aliphatic rings. The highest BCUT2D eigenvalue weighted by atomic mass is 19.4. The van der Waals surface area contributed by atoms with E-state index in [4.69, 9.17) is 9.47 Å². The molecule has 2 amide bonds. The Morgan fingerprint density at radius 3 is 2.03 bits per heavy atom. The summed E-state index contributed by atoms with van der Waals surface area (Å²) in [6.07, 6.45) is -5.37. The lowest BCUT2D eigenvalue weighted by Crippen LogP contribution is -2.66. The van der Waals surface area contributed by atoms with Crippen LogP contribution in [-0.4, -0.2) is 48.4 Å². The summed E-state index contributed by atoms with van der Waals surface area (Å²) < 4.78 is 55.7. The molecule has 39 heavy (non-hydrogen) atoms. The number of rotatable bonds is 8. The molecular weight excluding hydrogens is 513 g/mol. The molecule has 0 unspecified atom stereocenters. The van der Waals surface area contributed by atoms with Gasteiger partial charge in [-0.3, -0.25) is 14.4 Å². The van der Waals surface area contributed by atoms with Crippen molar-refractivity contribution in [3.05, 3.63) is 107 Å². The van der Waals surface area contributed by atoms with Crippen LogP contribution in [0.3, 0.4) is 0 Å². The van der Waals surface area contributed by atoms with Crippen molar-refractivity contribution in [1.82, 2.24) is 10.2 Å². The van der Waals surface area contributed by atoms with Crippen LogP contribution in [0, 0.1) is 0 Å². The summed E-state index contributed by atoms with van der Waals surface area (Å²) in [7, 11) is 2.67. The number of carbonyl (C=O) groups is 3. The van der Waals surface area contributed by atoms with E-state index in [1.54, 1.807) is 36.4 Å². The standard InChI is InChI=1S/C29H25F3N2O5/c1-18-24(25(35)20-12-8-5-9-13-20)28(29(30,31)32,27(37)34(18)17-19-10-6-4-7-11-19)33-26(36)21-14-15-22(38-2)23(16-21)39-3/h4-16H,17H2,1-3H3,(H,33,36)/t28-/m0/s1. The number of allylic oxidation sites excluding steroid dienone is 1. The SMILES string of the molecule is COc1ccc(C(=O)N[C@]2(C(F)(F)F)C(=O)N(Cc3ccccc3)C(C)=C2C(=O)c2ccccc2)cc1OC. The lowest BCUT2D eigenvalue weighted by Gasteiger charge is -2.33. The van der Waals surface area contributed by atoms with Crippen LogP contribution >= 0.6 is 0 Å². The fourth-order valence-corrected chi connectivity index (χ4v) is 4.56. The van der Waals surface area contributed by atoms with Gasteiger partial charge < -0.3 is 19.7 Å². The molecule has 0 radical (unpaired) electrons. The van der Waals surface area contributed by atoms with Crippen molar-refractivity contribution < 1.29 is 37.0 Å². The minimum Gasteiger partial charge on any atom is -0.493 e. The highest BCUT2D eigenvalue weighted by Crippen LogP contribution is 2.46. The smallest absolute Gasteiger partial charge is 0.425 e. The van der Waals surface area contributed by atoms with Gasteiger partial charge in [0.1, 0.15) is 0 Å². The van der Waals surface area contributed by atoms with Gasteiger partial charge in [0.15, 0.2) is 17.3 Å². The minimum atomic E-state index is -5.37. The third kappa shape index (κ3) is 4.85. The Morgan fingerprint density at radius 2 is 1.46 bits per heavy atom. The largest absolute Gasteiger partial charge is 0.493 e. The van der Waals surface area contributed by atoms with E-state index >= 15 is 13.2 Å². The molecule has 0 spiro atoms. The second-order valence-electron chi connectivity index (χ2n) is 8.80. The summed E-state index contributed by atoms with van der Waals surface area (Å²) >= 11 is 0. The number of hydrogen-bond acceptors (Lipinski definition) is 5. The maximum absolute atomic E-state index is 15.1. The number of benzene rings is 3. The maximum Gasteiger partial charge on any atom is 0.425 e. The predicted octanol–water partition coefficient (Wildman–Crippen LogP) is 4.93. The van der Waals surface area contributed by atoms with E-state index in [-0.39, 0.29) is 34.9 Å². The molecule has 0 aromatic heterocycles. The van der Waals surface area contributed by atoms with Gasteiger partial charge >= 0.3 is 6.18 Å². The Morgan fingerprint density at radius 1 is 0.872 bits per heavy atom. The summed E-state index contributed by atoms with van der Waals surface area (Å²) in [5.74, 6) is -3.39. The third-order valence-corrected chi connectivity index (χ3v) is 6.53. The van der Waals surface area contributed by atoms with Crippen LogP contribution in [0.15, 0.2) is 90.1 Å². The van der Waals surface area contributed by atoms with Gasteiger partial charge in [0.25, 0.3) is 11.8 Å². The number of methoxy groups -OCH3 is 2. The van der Waals surface area contributed by atoms with E-state index in [2.05, 4.69) is 0 Å². The second-order valence-corrected chi connectivity index (χ2v) is 8.80. The first-order chi connectivity index (χ1) is 18.5. The van der Waals surface area contributed by atoms with Crippen LogP contribution in [0.1, 0.15) is 33.2 Å². The van der Waals surface area contributed by atoms with Gasteiger partial charge in [-0.2, -0.15) is 13.2 Å². The number of ketones is 1. The average Bonchev–Trinajstić information content (AvgIpc) is 3.15. The van der Waals surface area contributed by atoms with Gasteiger partial charge in [-0.15, -0.1) is 0 Å². The Labute approximate surface area is 222 Å². The van der Waals surface area contributed by atoms with Crippen LogP contribution < -0.4 is 14.8 Å². The van der Waals surface area contributed by atoms with Gasteiger partial charge in [-0.05, 0) is 30.7 Å². The predicted molar refractivity (Wildman–Crippen MR) is 136 cm³/mol. The van der Waals surface area contributed by atoms with Gasteiger partial charge in [0, 0.05) is 16.8 Å². The summed E-state index contributed by atoms with van der Waals surface area (Å²) in [5, 5.41) is 1.90. The van der Waals surface area contributed by atoms with E-state index in [1.165, 1.54) is 63.6 Å².